The lowest BCUT2D eigenvalue weighted by molar-refractivity contribution is 0.277. The van der Waals surface area contributed by atoms with E-state index in [0.29, 0.717) is 0 Å². The fraction of sp³-hybridized carbons (Fsp3) is 1.00. The van der Waals surface area contributed by atoms with Crippen LogP contribution in [-0.2, 0) is 0 Å². The van der Waals surface area contributed by atoms with Gasteiger partial charge in [0.25, 0.3) is 0 Å². The van der Waals surface area contributed by atoms with Gasteiger partial charge < -0.3 is 11.0 Å². The van der Waals surface area contributed by atoms with Crippen molar-refractivity contribution in [3.05, 3.63) is 0 Å². The molecular formula is C14H32O2. The first-order valence-electron chi connectivity index (χ1n) is 6.80. The Morgan fingerprint density at radius 2 is 0.750 bits per heavy atom. The molecule has 0 amide bonds. The Kier molecular flexibility index (Phi) is 13.0. The summed E-state index contributed by atoms with van der Waals surface area (Å²) in [6.07, 6.45) is 14.9. The quantitative estimate of drug-likeness (QED) is 0.613. The van der Waals surface area contributed by atoms with Crippen molar-refractivity contribution in [2.75, 3.05) is 0 Å². The maximum atomic E-state index is 2.38. The molecule has 0 aromatic carbocycles. The molecule has 2 saturated carbocycles. The first kappa shape index (κ1) is 18.3. The van der Waals surface area contributed by atoms with Crippen LogP contribution in [0.15, 0.2) is 0 Å². The number of hydrogen-bond donors (Lipinski definition) is 0. The third-order valence-corrected chi connectivity index (χ3v) is 4.04. The van der Waals surface area contributed by atoms with Crippen LogP contribution < -0.4 is 0 Å². The Balaban J connectivity index is 0. The van der Waals surface area contributed by atoms with Gasteiger partial charge in [-0.25, -0.2) is 0 Å². The zero-order valence-electron chi connectivity index (χ0n) is 11.2. The molecule has 0 aromatic rings. The van der Waals surface area contributed by atoms with E-state index in [2.05, 4.69) is 13.8 Å². The largest absolute Gasteiger partial charge is 0.412 e. The zero-order chi connectivity index (χ0) is 10.2. The van der Waals surface area contributed by atoms with Gasteiger partial charge in [-0.3, -0.25) is 0 Å². The first-order valence-corrected chi connectivity index (χ1v) is 6.80. The van der Waals surface area contributed by atoms with Crippen molar-refractivity contribution in [3.63, 3.8) is 0 Å². The average molecular weight is 232 g/mol. The van der Waals surface area contributed by atoms with Crippen molar-refractivity contribution in [2.45, 2.75) is 78.1 Å². The minimum absolute atomic E-state index is 0. The number of hydrogen-bond acceptors (Lipinski definition) is 0. The number of rotatable bonds is 0. The predicted octanol–water partition coefficient (Wildman–Crippen LogP) is 3.52. The molecule has 0 aromatic heterocycles. The van der Waals surface area contributed by atoms with Crippen LogP contribution in [0.2, 0.25) is 0 Å². The average Bonchev–Trinajstić information content (AvgIpc) is 2.26. The molecular weight excluding hydrogens is 200 g/mol. The molecule has 0 radical (unpaired) electrons. The van der Waals surface area contributed by atoms with Gasteiger partial charge in [-0.05, 0) is 11.8 Å². The van der Waals surface area contributed by atoms with Crippen LogP contribution in [0, 0.1) is 11.8 Å². The normalized spacial score (nSPS) is 28.9. The minimum Gasteiger partial charge on any atom is -0.412 e. The molecule has 0 aliphatic heterocycles. The molecule has 100 valence electrons. The van der Waals surface area contributed by atoms with Crippen molar-refractivity contribution >= 4 is 0 Å². The van der Waals surface area contributed by atoms with Crippen LogP contribution in [0.3, 0.4) is 0 Å². The Morgan fingerprint density at radius 3 is 0.938 bits per heavy atom. The van der Waals surface area contributed by atoms with E-state index in [0.717, 1.165) is 11.8 Å². The van der Waals surface area contributed by atoms with Gasteiger partial charge in [0.1, 0.15) is 0 Å². The van der Waals surface area contributed by atoms with Gasteiger partial charge in [-0.2, -0.15) is 0 Å². The third kappa shape index (κ3) is 8.12. The lowest BCUT2D eigenvalue weighted by Crippen LogP contribution is -2.12. The van der Waals surface area contributed by atoms with E-state index < -0.39 is 0 Å². The van der Waals surface area contributed by atoms with E-state index in [1.54, 1.807) is 0 Å². The summed E-state index contributed by atoms with van der Waals surface area (Å²) in [4.78, 5) is 0. The molecule has 2 rings (SSSR count). The maximum Gasteiger partial charge on any atom is -0.0417 e. The minimum atomic E-state index is 0. The second-order valence-electron chi connectivity index (χ2n) is 5.36. The molecule has 16 heavy (non-hydrogen) atoms. The standard InChI is InChI=1S/C8H16.C6H12.2H2O/c1-7-5-3-4-6-8(7)2;1-2-4-6-5-3-1;;/h7-8H,3-6H2,1-2H3;1-6H2;2*1H2. The van der Waals surface area contributed by atoms with E-state index in [1.807, 2.05) is 0 Å². The summed E-state index contributed by atoms with van der Waals surface area (Å²) < 4.78 is 0. The Hall–Kier alpha value is -0.0800. The van der Waals surface area contributed by atoms with Gasteiger partial charge in [0.05, 0.1) is 0 Å². The highest BCUT2D eigenvalue weighted by Gasteiger charge is 2.15. The molecule has 2 heteroatoms. The lowest BCUT2D eigenvalue weighted by Gasteiger charge is -2.24. The molecule has 0 spiro atoms. The summed E-state index contributed by atoms with van der Waals surface area (Å²) in [7, 11) is 0. The van der Waals surface area contributed by atoms with Crippen molar-refractivity contribution in [2.24, 2.45) is 11.8 Å². The van der Waals surface area contributed by atoms with E-state index in [-0.39, 0.29) is 11.0 Å². The van der Waals surface area contributed by atoms with E-state index >= 15 is 0 Å². The third-order valence-electron chi connectivity index (χ3n) is 4.04. The van der Waals surface area contributed by atoms with Crippen LogP contribution in [0.1, 0.15) is 78.1 Å². The van der Waals surface area contributed by atoms with E-state index in [4.69, 9.17) is 0 Å². The summed E-state index contributed by atoms with van der Waals surface area (Å²) in [6.45, 7) is 4.76. The van der Waals surface area contributed by atoms with Crippen LogP contribution in [0.25, 0.3) is 0 Å². The first-order chi connectivity index (χ1) is 6.80. The van der Waals surface area contributed by atoms with Gasteiger partial charge in [0.15, 0.2) is 0 Å². The Morgan fingerprint density at radius 1 is 0.500 bits per heavy atom. The van der Waals surface area contributed by atoms with Crippen LogP contribution in [-0.4, -0.2) is 11.0 Å². The predicted molar refractivity (Wildman–Crippen MR) is 71.7 cm³/mol. The Labute approximate surface area is 101 Å². The summed E-state index contributed by atoms with van der Waals surface area (Å²) in [5.41, 5.74) is 0. The summed E-state index contributed by atoms with van der Waals surface area (Å²) in [6, 6.07) is 0. The van der Waals surface area contributed by atoms with Crippen molar-refractivity contribution in [3.8, 4) is 0 Å². The molecule has 2 nitrogen and oxygen atoms in total. The topological polar surface area (TPSA) is 63.0 Å². The summed E-state index contributed by atoms with van der Waals surface area (Å²) in [5, 5.41) is 0. The van der Waals surface area contributed by atoms with Gasteiger partial charge in [0.2, 0.25) is 0 Å². The maximum absolute atomic E-state index is 2.38. The van der Waals surface area contributed by atoms with Crippen LogP contribution in [0.4, 0.5) is 0 Å². The van der Waals surface area contributed by atoms with Crippen molar-refractivity contribution < 1.29 is 11.0 Å². The molecule has 2 aliphatic rings. The fourth-order valence-corrected chi connectivity index (χ4v) is 2.56. The van der Waals surface area contributed by atoms with E-state index in [9.17, 15) is 0 Å². The molecule has 2 unspecified atom stereocenters. The van der Waals surface area contributed by atoms with Gasteiger partial charge in [0, 0.05) is 0 Å². The molecule has 2 fully saturated rings. The molecule has 0 saturated heterocycles. The van der Waals surface area contributed by atoms with Crippen molar-refractivity contribution in [1.82, 2.24) is 0 Å². The highest BCUT2D eigenvalue weighted by molar-refractivity contribution is 4.67. The molecule has 0 bridgehead atoms. The lowest BCUT2D eigenvalue weighted by atomic mass is 9.82. The van der Waals surface area contributed by atoms with Gasteiger partial charge in [-0.15, -0.1) is 0 Å². The van der Waals surface area contributed by atoms with Crippen LogP contribution >= 0.6 is 0 Å². The SMILES string of the molecule is C1CCCCC1.CC1CCCCC1C.O.O. The van der Waals surface area contributed by atoms with Crippen LogP contribution in [0.5, 0.6) is 0 Å². The monoisotopic (exact) mass is 232 g/mol. The highest BCUT2D eigenvalue weighted by Crippen LogP contribution is 2.28. The van der Waals surface area contributed by atoms with E-state index in [1.165, 1.54) is 64.2 Å². The highest BCUT2D eigenvalue weighted by atomic mass is 16.0. The molecule has 2 aliphatic carbocycles. The summed E-state index contributed by atoms with van der Waals surface area (Å²) >= 11 is 0. The zero-order valence-corrected chi connectivity index (χ0v) is 11.2. The molecule has 4 N–H and O–H groups in total. The fourth-order valence-electron chi connectivity index (χ4n) is 2.56. The smallest absolute Gasteiger partial charge is 0.0417 e. The van der Waals surface area contributed by atoms with Gasteiger partial charge >= 0.3 is 0 Å². The molecule has 0 heterocycles. The second-order valence-corrected chi connectivity index (χ2v) is 5.36. The molecule has 2 atom stereocenters. The summed E-state index contributed by atoms with van der Waals surface area (Å²) in [5.74, 6) is 2.01. The second kappa shape index (κ2) is 11.4. The Bertz CT molecular complexity index is 111. The van der Waals surface area contributed by atoms with Crippen molar-refractivity contribution in [1.29, 1.82) is 0 Å². The van der Waals surface area contributed by atoms with Gasteiger partial charge in [-0.1, -0.05) is 78.1 Å².